The van der Waals surface area contributed by atoms with Gasteiger partial charge in [-0.05, 0) is 43.5 Å². The first-order valence-corrected chi connectivity index (χ1v) is 11.8. The van der Waals surface area contributed by atoms with E-state index >= 15 is 0 Å². The third kappa shape index (κ3) is 3.42. The molecule has 178 valence electrons. The van der Waals surface area contributed by atoms with Crippen molar-refractivity contribution in [1.29, 1.82) is 0 Å². The lowest BCUT2D eigenvalue weighted by molar-refractivity contribution is -0.184. The van der Waals surface area contributed by atoms with Gasteiger partial charge in [0.1, 0.15) is 22.5 Å². The van der Waals surface area contributed by atoms with Crippen LogP contribution in [0.4, 0.5) is 5.82 Å². The second-order valence-electron chi connectivity index (χ2n) is 10.0. The maximum atomic E-state index is 12.2. The summed E-state index contributed by atoms with van der Waals surface area (Å²) in [6, 6.07) is 7.39. The number of aliphatic hydroxyl groups is 1. The molecule has 9 heteroatoms. The van der Waals surface area contributed by atoms with Gasteiger partial charge in [-0.15, -0.1) is 0 Å². The molecule has 1 amide bonds. The van der Waals surface area contributed by atoms with Gasteiger partial charge in [-0.3, -0.25) is 9.78 Å². The molecule has 0 radical (unpaired) electrons. The predicted octanol–water partition coefficient (Wildman–Crippen LogP) is 3.47. The zero-order chi connectivity index (χ0) is 23.8. The van der Waals surface area contributed by atoms with E-state index in [-0.39, 0.29) is 24.0 Å². The summed E-state index contributed by atoms with van der Waals surface area (Å²) >= 11 is 0. The van der Waals surface area contributed by atoms with Gasteiger partial charge in [-0.1, -0.05) is 6.07 Å². The summed E-state index contributed by atoms with van der Waals surface area (Å²) in [7, 11) is 0. The Balaban J connectivity index is 1.27. The van der Waals surface area contributed by atoms with E-state index in [1.165, 1.54) is 0 Å². The standard InChI is InChI=1S/C26H24N4O5/c1-14-18-8-28-22(30-23(31)15-2-3-15)7-17(18)19(9-27-14)24-29-20-6-16(4-5-21(20)35-24)26(32)10-25(34-13-26)11-33-12-25/h4-9,15,32H,2-3,10-13H2,1H3,(H,28,30,31). The second kappa shape index (κ2) is 7.30. The maximum Gasteiger partial charge on any atom is 0.229 e. The molecule has 3 fully saturated rings. The number of nitrogens with zero attached hydrogens (tertiary/aromatic N) is 3. The predicted molar refractivity (Wildman–Crippen MR) is 127 cm³/mol. The molecule has 1 saturated carbocycles. The molecule has 2 saturated heterocycles. The van der Waals surface area contributed by atoms with Crippen molar-refractivity contribution in [2.24, 2.45) is 5.92 Å². The Morgan fingerprint density at radius 3 is 2.71 bits per heavy atom. The molecule has 4 aromatic rings. The Morgan fingerprint density at radius 2 is 1.97 bits per heavy atom. The molecule has 3 aromatic heterocycles. The summed E-state index contributed by atoms with van der Waals surface area (Å²) < 4.78 is 17.3. The molecule has 35 heavy (non-hydrogen) atoms. The highest BCUT2D eigenvalue weighted by Crippen LogP contribution is 2.44. The van der Waals surface area contributed by atoms with Gasteiger partial charge in [-0.2, -0.15) is 0 Å². The van der Waals surface area contributed by atoms with Gasteiger partial charge in [0.05, 0.1) is 25.4 Å². The van der Waals surface area contributed by atoms with E-state index in [2.05, 4.69) is 15.3 Å². The van der Waals surface area contributed by atoms with E-state index in [0.717, 1.165) is 34.9 Å². The topological polar surface area (TPSA) is 120 Å². The highest BCUT2D eigenvalue weighted by molar-refractivity contribution is 6.00. The summed E-state index contributed by atoms with van der Waals surface area (Å²) in [6.45, 7) is 3.16. The largest absolute Gasteiger partial charge is 0.436 e. The van der Waals surface area contributed by atoms with Gasteiger partial charge < -0.3 is 24.3 Å². The SMILES string of the molecule is Cc1ncc(-c2nc3cc(C4(O)COC5(COC5)C4)ccc3o2)c2cc(NC(=O)C3CC3)ncc12. The number of amides is 1. The molecule has 3 aliphatic rings. The van der Waals surface area contributed by atoms with Gasteiger partial charge in [-0.25, -0.2) is 9.97 Å². The van der Waals surface area contributed by atoms with Crippen molar-refractivity contribution in [2.45, 2.75) is 37.4 Å². The molecule has 2 aliphatic heterocycles. The van der Waals surface area contributed by atoms with E-state index in [4.69, 9.17) is 18.9 Å². The van der Waals surface area contributed by atoms with E-state index in [1.54, 1.807) is 12.4 Å². The number of fused-ring (bicyclic) bond motifs is 2. The van der Waals surface area contributed by atoms with Crippen LogP contribution < -0.4 is 5.32 Å². The quantitative estimate of drug-likeness (QED) is 0.463. The van der Waals surface area contributed by atoms with Crippen LogP contribution in [0.15, 0.2) is 41.1 Å². The van der Waals surface area contributed by atoms with Crippen LogP contribution in [0.5, 0.6) is 0 Å². The molecule has 1 unspecified atom stereocenters. The number of nitrogens with one attached hydrogen (secondary N) is 1. The minimum atomic E-state index is -1.09. The molecule has 0 bridgehead atoms. The number of ether oxygens (including phenoxy) is 2. The second-order valence-corrected chi connectivity index (χ2v) is 10.0. The van der Waals surface area contributed by atoms with Gasteiger partial charge >= 0.3 is 0 Å². The van der Waals surface area contributed by atoms with Gasteiger partial charge in [0.25, 0.3) is 0 Å². The Kier molecular flexibility index (Phi) is 4.37. The first-order valence-electron chi connectivity index (χ1n) is 11.8. The Labute approximate surface area is 200 Å². The van der Waals surface area contributed by atoms with Crippen molar-refractivity contribution in [3.05, 3.63) is 47.9 Å². The van der Waals surface area contributed by atoms with Crippen LogP contribution in [0, 0.1) is 12.8 Å². The van der Waals surface area contributed by atoms with E-state index in [9.17, 15) is 9.90 Å². The molecular weight excluding hydrogens is 448 g/mol. The van der Waals surface area contributed by atoms with Crippen LogP contribution >= 0.6 is 0 Å². The maximum absolute atomic E-state index is 12.2. The minimum absolute atomic E-state index is 0.00244. The van der Waals surface area contributed by atoms with Gasteiger partial charge in [0, 0.05) is 41.2 Å². The van der Waals surface area contributed by atoms with Crippen molar-refractivity contribution in [3.8, 4) is 11.5 Å². The number of carbonyl (C=O) groups is 1. The molecule has 1 aromatic carbocycles. The molecular formula is C26H24N4O5. The lowest BCUT2D eigenvalue weighted by Crippen LogP contribution is -2.49. The van der Waals surface area contributed by atoms with Crippen molar-refractivity contribution >= 4 is 33.6 Å². The summed E-state index contributed by atoms with van der Waals surface area (Å²) in [5.74, 6) is 1.00. The average Bonchev–Trinajstić information content (AvgIpc) is 3.49. The molecule has 2 N–H and O–H groups in total. The average molecular weight is 473 g/mol. The summed E-state index contributed by atoms with van der Waals surface area (Å²) in [4.78, 5) is 25.9. The van der Waals surface area contributed by atoms with Crippen LogP contribution in [0.1, 0.15) is 30.5 Å². The molecule has 5 heterocycles. The Bertz CT molecular complexity index is 1510. The Morgan fingerprint density at radius 1 is 1.11 bits per heavy atom. The fourth-order valence-corrected chi connectivity index (χ4v) is 5.02. The highest BCUT2D eigenvalue weighted by Gasteiger charge is 2.53. The first-order chi connectivity index (χ1) is 16.9. The fraction of sp³-hybridized carbons (Fsp3) is 0.385. The monoisotopic (exact) mass is 472 g/mol. The number of aryl methyl sites for hydroxylation is 1. The smallest absolute Gasteiger partial charge is 0.229 e. The van der Waals surface area contributed by atoms with Gasteiger partial charge in [0.2, 0.25) is 11.8 Å². The van der Waals surface area contributed by atoms with Crippen molar-refractivity contribution in [1.82, 2.24) is 15.0 Å². The van der Waals surface area contributed by atoms with Crippen molar-refractivity contribution in [2.75, 3.05) is 25.1 Å². The molecule has 1 atom stereocenters. The highest BCUT2D eigenvalue weighted by atomic mass is 16.6. The minimum Gasteiger partial charge on any atom is -0.436 e. The number of anilines is 1. The van der Waals surface area contributed by atoms with Crippen LogP contribution in [0.25, 0.3) is 33.3 Å². The molecule has 1 aliphatic carbocycles. The molecule has 9 nitrogen and oxygen atoms in total. The van der Waals surface area contributed by atoms with Gasteiger partial charge in [0.15, 0.2) is 5.58 Å². The number of oxazole rings is 1. The number of carbonyl (C=O) groups excluding carboxylic acids is 1. The summed E-state index contributed by atoms with van der Waals surface area (Å²) in [6.07, 6.45) is 5.79. The van der Waals surface area contributed by atoms with Crippen molar-refractivity contribution in [3.63, 3.8) is 0 Å². The van der Waals surface area contributed by atoms with Crippen LogP contribution in [-0.4, -0.2) is 51.4 Å². The van der Waals surface area contributed by atoms with Crippen LogP contribution in [0.3, 0.4) is 0 Å². The summed E-state index contributed by atoms with van der Waals surface area (Å²) in [5.41, 5.74) is 2.06. The van der Waals surface area contributed by atoms with Crippen LogP contribution in [-0.2, 0) is 19.9 Å². The number of pyridine rings is 2. The third-order valence-electron chi connectivity index (χ3n) is 7.29. The Hall–Kier alpha value is -3.40. The zero-order valence-corrected chi connectivity index (χ0v) is 19.2. The van der Waals surface area contributed by atoms with E-state index in [0.29, 0.717) is 48.0 Å². The van der Waals surface area contributed by atoms with E-state index in [1.807, 2.05) is 31.2 Å². The zero-order valence-electron chi connectivity index (χ0n) is 19.2. The third-order valence-corrected chi connectivity index (χ3v) is 7.29. The number of rotatable bonds is 4. The number of hydrogen-bond acceptors (Lipinski definition) is 8. The molecule has 7 rings (SSSR count). The van der Waals surface area contributed by atoms with Crippen molar-refractivity contribution < 1.29 is 23.8 Å². The number of aromatic nitrogens is 3. The first kappa shape index (κ1) is 20.9. The lowest BCUT2D eigenvalue weighted by Gasteiger charge is -2.37. The molecule has 1 spiro atoms. The number of hydrogen-bond donors (Lipinski definition) is 2. The normalized spacial score (nSPS) is 23.1. The fourth-order valence-electron chi connectivity index (χ4n) is 5.02. The summed E-state index contributed by atoms with van der Waals surface area (Å²) in [5, 5.41) is 15.9. The van der Waals surface area contributed by atoms with Crippen LogP contribution in [0.2, 0.25) is 0 Å². The lowest BCUT2D eigenvalue weighted by atomic mass is 9.84. The van der Waals surface area contributed by atoms with E-state index < -0.39 is 5.60 Å². The number of benzene rings is 1.